The van der Waals surface area contributed by atoms with Crippen molar-refractivity contribution in [3.8, 4) is 17.2 Å². The molecule has 0 saturated heterocycles. The first-order valence-corrected chi connectivity index (χ1v) is 10.8. The number of carboxylic acid groups (broad SMARTS) is 1. The first-order valence-electron chi connectivity index (χ1n) is 10.8. The van der Waals surface area contributed by atoms with Crippen molar-refractivity contribution >= 4 is 11.7 Å². The predicted octanol–water partition coefficient (Wildman–Crippen LogP) is 5.61. The van der Waals surface area contributed by atoms with Crippen LogP contribution in [0.3, 0.4) is 0 Å². The van der Waals surface area contributed by atoms with Gasteiger partial charge in [-0.3, -0.25) is 4.79 Å². The van der Waals surface area contributed by atoms with E-state index in [0.717, 1.165) is 22.6 Å². The van der Waals surface area contributed by atoms with Crippen molar-refractivity contribution in [1.29, 1.82) is 0 Å². The van der Waals surface area contributed by atoms with Gasteiger partial charge in [0.1, 0.15) is 36.1 Å². The number of hydrogen-bond acceptors (Lipinski definition) is 7. The average molecular weight is 460 g/mol. The van der Waals surface area contributed by atoms with Crippen LogP contribution in [0.1, 0.15) is 35.6 Å². The Morgan fingerprint density at radius 1 is 1.00 bits per heavy atom. The number of aryl methyl sites for hydroxylation is 1. The Kier molecular flexibility index (Phi) is 7.39. The highest BCUT2D eigenvalue weighted by molar-refractivity contribution is 5.99. The third-order valence-corrected chi connectivity index (χ3v) is 5.00. The number of hydrogen-bond donors (Lipinski definition) is 1. The van der Waals surface area contributed by atoms with Crippen LogP contribution in [0.2, 0.25) is 0 Å². The number of furan rings is 1. The van der Waals surface area contributed by atoms with Crippen LogP contribution in [-0.2, 0) is 22.8 Å². The molecule has 0 saturated carbocycles. The van der Waals surface area contributed by atoms with E-state index in [1.165, 1.54) is 6.26 Å². The Bertz CT molecular complexity index is 1230. The van der Waals surface area contributed by atoms with Crippen molar-refractivity contribution < 1.29 is 28.3 Å². The Balaban J connectivity index is 1.31. The second-order valence-electron chi connectivity index (χ2n) is 7.50. The molecule has 8 nitrogen and oxygen atoms in total. The highest BCUT2D eigenvalue weighted by Crippen LogP contribution is 2.23. The summed E-state index contributed by atoms with van der Waals surface area (Å²) < 4.78 is 16.9. The van der Waals surface area contributed by atoms with Crippen molar-refractivity contribution in [2.24, 2.45) is 5.16 Å². The van der Waals surface area contributed by atoms with Crippen molar-refractivity contribution in [1.82, 2.24) is 4.98 Å². The fourth-order valence-corrected chi connectivity index (χ4v) is 3.17. The van der Waals surface area contributed by atoms with Crippen LogP contribution in [0.4, 0.5) is 0 Å². The number of benzene rings is 2. The van der Waals surface area contributed by atoms with E-state index < -0.39 is 5.97 Å². The molecule has 174 valence electrons. The molecule has 0 aliphatic carbocycles. The Hall–Kier alpha value is -4.33. The maximum absolute atomic E-state index is 10.9. The number of oxazole rings is 1. The van der Waals surface area contributed by atoms with E-state index in [1.807, 2.05) is 61.5 Å². The summed E-state index contributed by atoms with van der Waals surface area (Å²) in [6.45, 7) is 2.38. The van der Waals surface area contributed by atoms with Gasteiger partial charge in [0.2, 0.25) is 5.89 Å². The van der Waals surface area contributed by atoms with Gasteiger partial charge in [-0.05, 0) is 48.9 Å². The van der Waals surface area contributed by atoms with Crippen molar-refractivity contribution in [3.63, 3.8) is 0 Å². The summed E-state index contributed by atoms with van der Waals surface area (Å²) >= 11 is 0. The lowest BCUT2D eigenvalue weighted by atomic mass is 10.2. The van der Waals surface area contributed by atoms with Crippen molar-refractivity contribution in [2.45, 2.75) is 33.0 Å². The molecule has 8 heteroatoms. The molecular weight excluding hydrogens is 436 g/mol. The molecule has 34 heavy (non-hydrogen) atoms. The topological polar surface area (TPSA) is 107 Å². The van der Waals surface area contributed by atoms with E-state index in [-0.39, 0.29) is 19.4 Å². The number of rotatable bonds is 11. The molecule has 2 aromatic carbocycles. The Morgan fingerprint density at radius 3 is 2.50 bits per heavy atom. The van der Waals surface area contributed by atoms with E-state index in [9.17, 15) is 4.79 Å². The van der Waals surface area contributed by atoms with Gasteiger partial charge < -0.3 is 23.5 Å². The molecule has 4 aromatic rings. The van der Waals surface area contributed by atoms with Gasteiger partial charge in [-0.1, -0.05) is 35.5 Å². The van der Waals surface area contributed by atoms with Crippen LogP contribution in [0.25, 0.3) is 11.5 Å². The molecule has 0 amide bonds. The van der Waals surface area contributed by atoms with Gasteiger partial charge in [0.15, 0.2) is 5.76 Å². The van der Waals surface area contributed by atoms with E-state index in [0.29, 0.717) is 29.7 Å². The number of aliphatic carboxylic acids is 1. The Morgan fingerprint density at radius 2 is 1.79 bits per heavy atom. The van der Waals surface area contributed by atoms with Crippen LogP contribution in [-0.4, -0.2) is 21.8 Å². The minimum absolute atomic E-state index is 0.0627. The molecule has 0 unspecified atom stereocenters. The van der Waals surface area contributed by atoms with Gasteiger partial charge in [-0.25, -0.2) is 4.98 Å². The fraction of sp³-hybridized carbons (Fsp3) is 0.192. The summed E-state index contributed by atoms with van der Waals surface area (Å²) in [5.41, 5.74) is 3.00. The molecule has 2 aromatic heterocycles. The van der Waals surface area contributed by atoms with Crippen LogP contribution < -0.4 is 4.74 Å². The largest absolute Gasteiger partial charge is 0.487 e. The highest BCUT2D eigenvalue weighted by atomic mass is 16.6. The van der Waals surface area contributed by atoms with E-state index in [4.69, 9.17) is 23.5 Å². The standard InChI is InChI=1S/C26H24N2O6/c1-18-23(27-26(34-18)20-6-3-2-4-7-20)17-32-21-11-9-19(10-12-21)16-33-28-22(13-14-25(29)30)24-8-5-15-31-24/h2-12,15H,13-14,16-17H2,1H3,(H,29,30)/b28-22+. The molecule has 0 spiro atoms. The molecule has 0 atom stereocenters. The lowest BCUT2D eigenvalue weighted by Gasteiger charge is -2.07. The molecule has 0 bridgehead atoms. The van der Waals surface area contributed by atoms with Crippen molar-refractivity contribution in [2.75, 3.05) is 0 Å². The van der Waals surface area contributed by atoms with Gasteiger partial charge in [0, 0.05) is 12.0 Å². The van der Waals surface area contributed by atoms with E-state index >= 15 is 0 Å². The smallest absolute Gasteiger partial charge is 0.303 e. The number of ether oxygens (including phenoxy) is 1. The zero-order valence-corrected chi connectivity index (χ0v) is 18.6. The monoisotopic (exact) mass is 460 g/mol. The first-order chi connectivity index (χ1) is 16.6. The predicted molar refractivity (Wildman–Crippen MR) is 124 cm³/mol. The van der Waals surface area contributed by atoms with E-state index in [1.54, 1.807) is 12.1 Å². The molecule has 0 aliphatic heterocycles. The second-order valence-corrected chi connectivity index (χ2v) is 7.50. The molecule has 0 fully saturated rings. The van der Waals surface area contributed by atoms with Gasteiger partial charge in [-0.15, -0.1) is 0 Å². The molecule has 4 rings (SSSR count). The lowest BCUT2D eigenvalue weighted by molar-refractivity contribution is -0.136. The number of aromatic nitrogens is 1. The summed E-state index contributed by atoms with van der Waals surface area (Å²) in [6.07, 6.45) is 1.66. The van der Waals surface area contributed by atoms with Crippen LogP contribution in [0.15, 0.2) is 87.0 Å². The van der Waals surface area contributed by atoms with Gasteiger partial charge in [0.25, 0.3) is 0 Å². The fourth-order valence-electron chi connectivity index (χ4n) is 3.17. The maximum atomic E-state index is 10.9. The average Bonchev–Trinajstić information content (AvgIpc) is 3.51. The van der Waals surface area contributed by atoms with Gasteiger partial charge in [-0.2, -0.15) is 0 Å². The quantitative estimate of drug-likeness (QED) is 0.229. The zero-order valence-electron chi connectivity index (χ0n) is 18.6. The minimum Gasteiger partial charge on any atom is -0.487 e. The van der Waals surface area contributed by atoms with E-state index in [2.05, 4.69) is 10.1 Å². The molecule has 1 N–H and O–H groups in total. The normalized spacial score (nSPS) is 11.4. The SMILES string of the molecule is Cc1oc(-c2ccccc2)nc1COc1ccc(CO/N=C(\CCC(=O)O)c2ccco2)cc1. The molecular formula is C26H24N2O6. The number of carbonyl (C=O) groups is 1. The van der Waals surface area contributed by atoms with Gasteiger partial charge in [0.05, 0.1) is 12.7 Å². The van der Waals surface area contributed by atoms with Gasteiger partial charge >= 0.3 is 5.97 Å². The van der Waals surface area contributed by atoms with Crippen LogP contribution in [0.5, 0.6) is 5.75 Å². The third-order valence-electron chi connectivity index (χ3n) is 5.00. The summed E-state index contributed by atoms with van der Waals surface area (Å²) in [7, 11) is 0. The minimum atomic E-state index is -0.910. The number of nitrogens with zero attached hydrogens (tertiary/aromatic N) is 2. The summed E-state index contributed by atoms with van der Waals surface area (Å²) in [4.78, 5) is 20.9. The highest BCUT2D eigenvalue weighted by Gasteiger charge is 2.12. The summed E-state index contributed by atoms with van der Waals surface area (Å²) in [5, 5.41) is 13.0. The summed E-state index contributed by atoms with van der Waals surface area (Å²) in [6, 6.07) is 20.6. The Labute approximate surface area is 196 Å². The first kappa shape index (κ1) is 22.8. The number of carboxylic acids is 1. The summed E-state index contributed by atoms with van der Waals surface area (Å²) in [5.74, 6) is 1.56. The maximum Gasteiger partial charge on any atom is 0.303 e. The number of oxime groups is 1. The molecule has 2 heterocycles. The van der Waals surface area contributed by atoms with Crippen molar-refractivity contribution in [3.05, 3.63) is 95.8 Å². The zero-order chi connectivity index (χ0) is 23.8. The van der Waals surface area contributed by atoms with Crippen LogP contribution >= 0.6 is 0 Å². The molecule has 0 aliphatic rings. The lowest BCUT2D eigenvalue weighted by Crippen LogP contribution is -2.05. The third kappa shape index (κ3) is 6.13. The van der Waals surface area contributed by atoms with Crippen LogP contribution in [0, 0.1) is 6.92 Å². The molecule has 0 radical (unpaired) electrons. The second kappa shape index (κ2) is 11.0.